The average molecular weight is 261 g/mol. The lowest BCUT2D eigenvalue weighted by Gasteiger charge is -2.05. The van der Waals surface area contributed by atoms with Crippen LogP contribution in [0.4, 0.5) is 0 Å². The van der Waals surface area contributed by atoms with Gasteiger partial charge in [-0.25, -0.2) is 4.98 Å². The third-order valence-electron chi connectivity index (χ3n) is 2.57. The highest BCUT2D eigenvalue weighted by Gasteiger charge is 2.01. The first-order valence-electron chi connectivity index (χ1n) is 5.62. The van der Waals surface area contributed by atoms with Crippen LogP contribution in [0.15, 0.2) is 47.3 Å². The number of rotatable bonds is 3. The van der Waals surface area contributed by atoms with E-state index >= 15 is 0 Å². The molecule has 0 spiro atoms. The Balaban J connectivity index is 2.16. The molecule has 2 aromatic rings. The van der Waals surface area contributed by atoms with E-state index in [1.54, 1.807) is 11.5 Å². The summed E-state index contributed by atoms with van der Waals surface area (Å²) in [5, 5.41) is 0.237. The first-order valence-corrected chi connectivity index (χ1v) is 6.00. The highest BCUT2D eigenvalue weighted by molar-refractivity contribution is 6.29. The second kappa shape index (κ2) is 5.65. The standard InChI is InChI=1S/C14H13ClN2O/c1-11-16-13(15)10-14(18)17(11)9-5-8-12-6-3-2-4-7-12/h2-8,10H,9H2,1H3/b8-5+. The maximum absolute atomic E-state index is 11.7. The zero-order valence-electron chi connectivity index (χ0n) is 10.0. The molecule has 2 rings (SSSR count). The first kappa shape index (κ1) is 12.6. The van der Waals surface area contributed by atoms with Crippen molar-refractivity contribution < 1.29 is 0 Å². The van der Waals surface area contributed by atoms with Crippen LogP contribution < -0.4 is 5.56 Å². The summed E-state index contributed by atoms with van der Waals surface area (Å²) in [7, 11) is 0. The molecular formula is C14H13ClN2O. The summed E-state index contributed by atoms with van der Waals surface area (Å²) in [5.41, 5.74) is 0.968. The SMILES string of the molecule is Cc1nc(Cl)cc(=O)n1C/C=C/c1ccccc1. The van der Waals surface area contributed by atoms with Crippen molar-refractivity contribution in [2.45, 2.75) is 13.5 Å². The number of allylic oxidation sites excluding steroid dienone is 1. The molecule has 0 aliphatic heterocycles. The van der Waals surface area contributed by atoms with Gasteiger partial charge in [-0.2, -0.15) is 0 Å². The fourth-order valence-electron chi connectivity index (χ4n) is 1.67. The van der Waals surface area contributed by atoms with Gasteiger partial charge in [0, 0.05) is 12.6 Å². The fraction of sp³-hybridized carbons (Fsp3) is 0.143. The first-order chi connectivity index (χ1) is 8.66. The van der Waals surface area contributed by atoms with Crippen molar-refractivity contribution in [3.63, 3.8) is 0 Å². The second-order valence-corrected chi connectivity index (χ2v) is 4.28. The van der Waals surface area contributed by atoms with E-state index in [4.69, 9.17) is 11.6 Å². The van der Waals surface area contributed by atoms with Gasteiger partial charge in [0.15, 0.2) is 0 Å². The van der Waals surface area contributed by atoms with Crippen LogP contribution in [0.5, 0.6) is 0 Å². The molecule has 0 N–H and O–H groups in total. The molecule has 3 nitrogen and oxygen atoms in total. The van der Waals surface area contributed by atoms with Crippen molar-refractivity contribution in [2.24, 2.45) is 0 Å². The van der Waals surface area contributed by atoms with Gasteiger partial charge in [0.05, 0.1) is 0 Å². The average Bonchev–Trinajstić information content (AvgIpc) is 2.34. The maximum atomic E-state index is 11.7. The van der Waals surface area contributed by atoms with Crippen LogP contribution in [-0.4, -0.2) is 9.55 Å². The van der Waals surface area contributed by atoms with Crippen LogP contribution in [0.1, 0.15) is 11.4 Å². The smallest absolute Gasteiger partial charge is 0.255 e. The molecule has 92 valence electrons. The van der Waals surface area contributed by atoms with Crippen LogP contribution in [0.25, 0.3) is 6.08 Å². The zero-order chi connectivity index (χ0) is 13.0. The van der Waals surface area contributed by atoms with E-state index in [-0.39, 0.29) is 10.7 Å². The summed E-state index contributed by atoms with van der Waals surface area (Å²) in [6, 6.07) is 11.3. The Labute approximate surface area is 110 Å². The Morgan fingerprint density at radius 2 is 2.06 bits per heavy atom. The van der Waals surface area contributed by atoms with Crippen molar-refractivity contribution in [3.8, 4) is 0 Å². The minimum atomic E-state index is -0.134. The Hall–Kier alpha value is -1.87. The van der Waals surface area contributed by atoms with Gasteiger partial charge in [-0.1, -0.05) is 54.1 Å². The van der Waals surface area contributed by atoms with E-state index in [1.807, 2.05) is 42.5 Å². The zero-order valence-corrected chi connectivity index (χ0v) is 10.8. The van der Waals surface area contributed by atoms with Gasteiger partial charge < -0.3 is 0 Å². The molecule has 0 fully saturated rings. The molecule has 1 heterocycles. The molecule has 0 aliphatic rings. The van der Waals surface area contributed by atoms with E-state index < -0.39 is 0 Å². The van der Waals surface area contributed by atoms with Gasteiger partial charge in [-0.05, 0) is 12.5 Å². The van der Waals surface area contributed by atoms with Crippen LogP contribution in [0, 0.1) is 6.92 Å². The number of hydrogen-bond acceptors (Lipinski definition) is 2. The van der Waals surface area contributed by atoms with Crippen LogP contribution >= 0.6 is 11.6 Å². The number of halogens is 1. The van der Waals surface area contributed by atoms with Gasteiger partial charge >= 0.3 is 0 Å². The largest absolute Gasteiger partial charge is 0.293 e. The lowest BCUT2D eigenvalue weighted by atomic mass is 10.2. The molecule has 0 saturated carbocycles. The molecule has 0 saturated heterocycles. The monoisotopic (exact) mass is 260 g/mol. The predicted octanol–water partition coefficient (Wildman–Crippen LogP) is 2.92. The van der Waals surface area contributed by atoms with Crippen LogP contribution in [0.3, 0.4) is 0 Å². The maximum Gasteiger partial charge on any atom is 0.255 e. The molecule has 1 aromatic carbocycles. The third kappa shape index (κ3) is 3.08. The Morgan fingerprint density at radius 3 is 2.72 bits per heavy atom. The van der Waals surface area contributed by atoms with Crippen LogP contribution in [-0.2, 0) is 6.54 Å². The molecule has 0 aliphatic carbocycles. The number of benzene rings is 1. The Bertz CT molecular complexity index is 617. The number of aromatic nitrogens is 2. The van der Waals surface area contributed by atoms with Gasteiger partial charge in [-0.3, -0.25) is 9.36 Å². The van der Waals surface area contributed by atoms with Gasteiger partial charge in [-0.15, -0.1) is 0 Å². The summed E-state index contributed by atoms with van der Waals surface area (Å²) in [4.78, 5) is 15.8. The van der Waals surface area contributed by atoms with E-state index in [1.165, 1.54) is 6.07 Å². The molecule has 18 heavy (non-hydrogen) atoms. The lowest BCUT2D eigenvalue weighted by molar-refractivity contribution is 0.716. The molecule has 0 radical (unpaired) electrons. The molecule has 0 unspecified atom stereocenters. The minimum absolute atomic E-state index is 0.134. The molecule has 0 amide bonds. The number of hydrogen-bond donors (Lipinski definition) is 0. The third-order valence-corrected chi connectivity index (χ3v) is 2.76. The number of nitrogens with zero attached hydrogens (tertiary/aromatic N) is 2. The summed E-state index contributed by atoms with van der Waals surface area (Å²) >= 11 is 5.71. The van der Waals surface area contributed by atoms with Crippen molar-refractivity contribution in [2.75, 3.05) is 0 Å². The van der Waals surface area contributed by atoms with Crippen molar-refractivity contribution in [1.82, 2.24) is 9.55 Å². The summed E-state index contributed by atoms with van der Waals surface area (Å²) in [5.74, 6) is 0.616. The van der Waals surface area contributed by atoms with E-state index in [0.717, 1.165) is 5.56 Å². The van der Waals surface area contributed by atoms with Gasteiger partial charge in [0.2, 0.25) is 0 Å². The van der Waals surface area contributed by atoms with Crippen LogP contribution in [0.2, 0.25) is 5.15 Å². The molecule has 0 atom stereocenters. The molecular weight excluding hydrogens is 248 g/mol. The highest BCUT2D eigenvalue weighted by Crippen LogP contribution is 2.03. The summed E-state index contributed by atoms with van der Waals surface area (Å²) in [6.45, 7) is 2.26. The van der Waals surface area contributed by atoms with E-state index in [0.29, 0.717) is 12.4 Å². The molecule has 4 heteroatoms. The topological polar surface area (TPSA) is 34.9 Å². The van der Waals surface area contributed by atoms with Crippen molar-refractivity contribution in [3.05, 3.63) is 69.4 Å². The lowest BCUT2D eigenvalue weighted by Crippen LogP contribution is -2.22. The Kier molecular flexibility index (Phi) is 3.95. The van der Waals surface area contributed by atoms with Crippen molar-refractivity contribution in [1.29, 1.82) is 0 Å². The quantitative estimate of drug-likeness (QED) is 0.796. The Morgan fingerprint density at radius 1 is 1.33 bits per heavy atom. The van der Waals surface area contributed by atoms with Gasteiger partial charge in [0.25, 0.3) is 5.56 Å². The predicted molar refractivity (Wildman–Crippen MR) is 73.7 cm³/mol. The summed E-state index contributed by atoms with van der Waals surface area (Å²) in [6.07, 6.45) is 3.90. The fourth-order valence-corrected chi connectivity index (χ4v) is 1.88. The second-order valence-electron chi connectivity index (χ2n) is 3.89. The molecule has 1 aromatic heterocycles. The minimum Gasteiger partial charge on any atom is -0.293 e. The van der Waals surface area contributed by atoms with E-state index in [2.05, 4.69) is 4.98 Å². The molecule has 0 bridgehead atoms. The number of aryl methyl sites for hydroxylation is 1. The highest BCUT2D eigenvalue weighted by atomic mass is 35.5. The van der Waals surface area contributed by atoms with E-state index in [9.17, 15) is 4.79 Å². The summed E-state index contributed by atoms with van der Waals surface area (Å²) < 4.78 is 1.57. The van der Waals surface area contributed by atoms with Crippen molar-refractivity contribution >= 4 is 17.7 Å². The normalized spacial score (nSPS) is 11.0. The van der Waals surface area contributed by atoms with Gasteiger partial charge in [0.1, 0.15) is 11.0 Å².